The van der Waals surface area contributed by atoms with Gasteiger partial charge in [0, 0.05) is 11.6 Å². The van der Waals surface area contributed by atoms with Crippen LogP contribution in [0, 0.1) is 40.3 Å². The van der Waals surface area contributed by atoms with Crippen LogP contribution in [0.4, 0.5) is 10.1 Å². The molecule has 7 nitrogen and oxygen atoms in total. The molecule has 38 heavy (non-hydrogen) atoms. The van der Waals surface area contributed by atoms with Crippen LogP contribution >= 0.6 is 0 Å². The van der Waals surface area contributed by atoms with Crippen molar-refractivity contribution in [2.75, 3.05) is 12.3 Å². The van der Waals surface area contributed by atoms with Crippen LogP contribution in [-0.4, -0.2) is 52.5 Å². The summed E-state index contributed by atoms with van der Waals surface area (Å²) in [5.74, 6) is -2.58. The summed E-state index contributed by atoms with van der Waals surface area (Å²) in [5.41, 5.74) is 3.84. The van der Waals surface area contributed by atoms with Gasteiger partial charge in [0.2, 0.25) is 0 Å². The van der Waals surface area contributed by atoms with Gasteiger partial charge in [-0.3, -0.25) is 0 Å². The summed E-state index contributed by atoms with van der Waals surface area (Å²) in [4.78, 5) is 13.4. The number of fused-ring (bicyclic) bond motifs is 5. The second-order valence-electron chi connectivity index (χ2n) is 13.2. The van der Waals surface area contributed by atoms with Crippen molar-refractivity contribution in [2.45, 2.75) is 77.7 Å². The minimum atomic E-state index is -1.87. The maximum Gasteiger partial charge on any atom is 0.343 e. The second kappa shape index (κ2) is 7.90. The number of aliphatic hydroxyl groups is 2. The van der Waals surface area contributed by atoms with Crippen LogP contribution in [0.2, 0.25) is 0 Å². The largest absolute Gasteiger partial charge is 0.451 e. The van der Waals surface area contributed by atoms with Gasteiger partial charge in [0.15, 0.2) is 11.9 Å². The van der Waals surface area contributed by atoms with Gasteiger partial charge in [0.1, 0.15) is 23.1 Å². The van der Waals surface area contributed by atoms with Crippen LogP contribution in [0.5, 0.6) is 0 Å². The normalized spacial score (nSPS) is 43.9. The number of hydrogen-bond acceptors (Lipinski definition) is 7. The summed E-state index contributed by atoms with van der Waals surface area (Å²) >= 11 is 0. The van der Waals surface area contributed by atoms with E-state index in [0.717, 1.165) is 18.1 Å². The highest BCUT2D eigenvalue weighted by molar-refractivity contribution is 5.95. The Morgan fingerprint density at radius 1 is 1.24 bits per heavy atom. The van der Waals surface area contributed by atoms with Crippen LogP contribution in [0.1, 0.15) is 58.3 Å². The molecule has 1 aliphatic heterocycles. The van der Waals surface area contributed by atoms with Gasteiger partial charge in [-0.15, -0.1) is 0 Å². The van der Waals surface area contributed by atoms with Gasteiger partial charge in [0.25, 0.3) is 0 Å². The molecule has 4 aliphatic carbocycles. The van der Waals surface area contributed by atoms with Crippen molar-refractivity contribution in [3.05, 3.63) is 52.9 Å². The highest BCUT2D eigenvalue weighted by Gasteiger charge is 2.77. The molecule has 4 N–H and O–H groups in total. The SMILES string of the molecule is CC1=CC23C(C)CC4C(C(C=C5COC(C)(C)OC5C2(O)C1OC(=O)c1c(N)cccc1F)C3O)C4(C)C. The Morgan fingerprint density at radius 2 is 1.95 bits per heavy atom. The lowest BCUT2D eigenvalue weighted by atomic mass is 9.58. The average molecular weight is 528 g/mol. The molecule has 206 valence electrons. The van der Waals surface area contributed by atoms with Crippen molar-refractivity contribution >= 4 is 11.7 Å². The number of nitrogen functional groups attached to an aromatic ring is 1. The number of hydrogen-bond donors (Lipinski definition) is 3. The molecule has 1 aromatic rings. The first-order valence-electron chi connectivity index (χ1n) is 13.5. The quantitative estimate of drug-likeness (QED) is 0.303. The van der Waals surface area contributed by atoms with Crippen molar-refractivity contribution in [1.82, 2.24) is 0 Å². The number of anilines is 1. The van der Waals surface area contributed by atoms with Gasteiger partial charge in [-0.1, -0.05) is 39.0 Å². The van der Waals surface area contributed by atoms with E-state index in [1.165, 1.54) is 12.1 Å². The second-order valence-corrected chi connectivity index (χ2v) is 13.2. The molecule has 1 spiro atoms. The van der Waals surface area contributed by atoms with Crippen molar-refractivity contribution in [1.29, 1.82) is 0 Å². The van der Waals surface area contributed by atoms with Crippen LogP contribution < -0.4 is 5.73 Å². The Labute approximate surface area is 222 Å². The summed E-state index contributed by atoms with van der Waals surface area (Å²) in [6.45, 7) is 12.1. The Kier molecular flexibility index (Phi) is 5.40. The van der Waals surface area contributed by atoms with E-state index in [4.69, 9.17) is 19.9 Å². The first kappa shape index (κ1) is 26.0. The molecule has 0 aromatic heterocycles. The van der Waals surface area contributed by atoms with Crippen molar-refractivity contribution < 1.29 is 33.6 Å². The molecule has 2 bridgehead atoms. The number of ether oxygens (including phenoxy) is 3. The van der Waals surface area contributed by atoms with Gasteiger partial charge in [-0.2, -0.15) is 0 Å². The molecule has 8 heteroatoms. The predicted octanol–water partition coefficient (Wildman–Crippen LogP) is 3.99. The lowest BCUT2D eigenvalue weighted by Crippen LogP contribution is -2.69. The summed E-state index contributed by atoms with van der Waals surface area (Å²) in [7, 11) is 0. The third-order valence-electron chi connectivity index (χ3n) is 10.4. The molecule has 1 saturated heterocycles. The third kappa shape index (κ3) is 3.17. The lowest BCUT2D eigenvalue weighted by molar-refractivity contribution is -0.312. The van der Waals surface area contributed by atoms with Gasteiger partial charge >= 0.3 is 5.97 Å². The van der Waals surface area contributed by atoms with E-state index in [1.54, 1.807) is 20.8 Å². The molecule has 2 saturated carbocycles. The molecule has 0 amide bonds. The number of benzene rings is 1. The predicted molar refractivity (Wildman–Crippen MR) is 138 cm³/mol. The van der Waals surface area contributed by atoms with Gasteiger partial charge < -0.3 is 30.2 Å². The number of nitrogens with two attached hydrogens (primary N) is 1. The number of carbonyl (C=O) groups excluding carboxylic acids is 1. The number of esters is 1. The summed E-state index contributed by atoms with van der Waals surface area (Å²) < 4.78 is 33.1. The van der Waals surface area contributed by atoms with E-state index < -0.39 is 46.9 Å². The smallest absolute Gasteiger partial charge is 0.343 e. The Morgan fingerprint density at radius 3 is 2.63 bits per heavy atom. The van der Waals surface area contributed by atoms with Crippen molar-refractivity contribution in [2.24, 2.45) is 34.5 Å². The van der Waals surface area contributed by atoms with E-state index >= 15 is 0 Å². The average Bonchev–Trinajstić information content (AvgIpc) is 3.31. The molecule has 9 atom stereocenters. The molecular formula is C30H38FNO6. The Bertz CT molecular complexity index is 1250. The third-order valence-corrected chi connectivity index (χ3v) is 10.4. The Balaban J connectivity index is 1.52. The number of halogens is 1. The Hall–Kier alpha value is -2.26. The van der Waals surface area contributed by atoms with E-state index in [0.29, 0.717) is 11.5 Å². The fraction of sp³-hybridized carbons (Fsp3) is 0.633. The number of carbonyl (C=O) groups is 1. The number of rotatable bonds is 2. The molecule has 5 aliphatic rings. The zero-order valence-electron chi connectivity index (χ0n) is 22.8. The maximum absolute atomic E-state index is 14.7. The molecule has 1 heterocycles. The highest BCUT2D eigenvalue weighted by Crippen LogP contribution is 2.73. The topological polar surface area (TPSA) is 111 Å². The molecule has 3 fully saturated rings. The standard InChI is InChI=1S/C30H38FNO6/c1-14-12-29-15(2)10-18-22(27(18,3)4)17(23(29)33)11-16-13-36-28(5,6)38-25(16)30(29,35)24(14)37-26(34)21-19(31)8-7-9-20(21)32/h7-9,11-12,15,17-18,22-25,33,35H,10,13,32H2,1-6H3. The molecule has 6 rings (SSSR count). The zero-order valence-corrected chi connectivity index (χ0v) is 22.8. The van der Waals surface area contributed by atoms with Crippen LogP contribution in [0.15, 0.2) is 41.5 Å². The van der Waals surface area contributed by atoms with E-state index in [2.05, 4.69) is 20.8 Å². The minimum absolute atomic E-state index is 0.0496. The van der Waals surface area contributed by atoms with Crippen LogP contribution in [-0.2, 0) is 14.2 Å². The van der Waals surface area contributed by atoms with Crippen molar-refractivity contribution in [3.63, 3.8) is 0 Å². The first-order chi connectivity index (χ1) is 17.7. The lowest BCUT2D eigenvalue weighted by Gasteiger charge is -2.55. The van der Waals surface area contributed by atoms with Crippen LogP contribution in [0.3, 0.4) is 0 Å². The summed E-state index contributed by atoms with van der Waals surface area (Å²) in [5, 5.41) is 25.3. The molecular weight excluding hydrogens is 489 g/mol. The van der Waals surface area contributed by atoms with Crippen LogP contribution in [0.25, 0.3) is 0 Å². The van der Waals surface area contributed by atoms with E-state index in [9.17, 15) is 19.4 Å². The molecule has 0 radical (unpaired) electrons. The van der Waals surface area contributed by atoms with E-state index in [-0.39, 0.29) is 41.0 Å². The first-order valence-corrected chi connectivity index (χ1v) is 13.5. The highest BCUT2D eigenvalue weighted by atomic mass is 19.1. The van der Waals surface area contributed by atoms with E-state index in [1.807, 2.05) is 12.2 Å². The summed E-state index contributed by atoms with van der Waals surface area (Å²) in [6, 6.07) is 3.99. The van der Waals surface area contributed by atoms with Gasteiger partial charge in [-0.25, -0.2) is 9.18 Å². The van der Waals surface area contributed by atoms with Gasteiger partial charge in [-0.05, 0) is 73.6 Å². The molecule has 9 unspecified atom stereocenters. The number of aliphatic hydroxyl groups excluding tert-OH is 1. The summed E-state index contributed by atoms with van der Waals surface area (Å²) in [6.07, 6.45) is 1.67. The fourth-order valence-electron chi connectivity index (χ4n) is 8.53. The fourth-order valence-corrected chi connectivity index (χ4v) is 8.53. The molecule has 1 aromatic carbocycles. The zero-order chi connectivity index (χ0) is 27.6. The van der Waals surface area contributed by atoms with Gasteiger partial charge in [0.05, 0.1) is 18.1 Å². The van der Waals surface area contributed by atoms with Crippen molar-refractivity contribution in [3.8, 4) is 0 Å². The monoisotopic (exact) mass is 527 g/mol. The minimum Gasteiger partial charge on any atom is -0.451 e. The maximum atomic E-state index is 14.7.